The molecule has 0 radical (unpaired) electrons. The maximum absolute atomic E-state index is 13.5. The SMILES string of the molecule is COc1cccc(C2OC(CC(=O)O)C(=O)N(CC(C)(C)CO)c3ccccc32)c1OC. The van der Waals surface area contributed by atoms with Gasteiger partial charge in [-0.05, 0) is 12.1 Å². The van der Waals surface area contributed by atoms with Gasteiger partial charge in [0, 0.05) is 35.4 Å². The topological polar surface area (TPSA) is 106 Å². The van der Waals surface area contributed by atoms with Gasteiger partial charge in [0.15, 0.2) is 11.5 Å². The number of carboxylic acid groups (broad SMARTS) is 1. The maximum atomic E-state index is 13.5. The summed E-state index contributed by atoms with van der Waals surface area (Å²) in [6.45, 7) is 3.73. The second-order valence-corrected chi connectivity index (χ2v) is 8.49. The third-order valence-electron chi connectivity index (χ3n) is 5.44. The van der Waals surface area contributed by atoms with E-state index < -0.39 is 35.9 Å². The number of rotatable bonds is 8. The van der Waals surface area contributed by atoms with Crippen molar-refractivity contribution in [3.8, 4) is 11.5 Å². The van der Waals surface area contributed by atoms with Crippen molar-refractivity contribution in [3.63, 3.8) is 0 Å². The number of nitrogens with zero attached hydrogens (tertiary/aromatic N) is 1. The molecule has 2 N–H and O–H groups in total. The standard InChI is InChI=1S/C24H29NO7/c1-24(2,14-26)13-25-17-10-6-5-8-15(17)21(32-19(23(25)29)12-20(27)28)16-9-7-11-18(30-3)22(16)31-4/h5-11,19,21,26H,12-14H2,1-4H3,(H,27,28). The number of fused-ring (bicyclic) bond motifs is 1. The smallest absolute Gasteiger partial charge is 0.306 e. The second-order valence-electron chi connectivity index (χ2n) is 8.49. The van der Waals surface area contributed by atoms with Crippen molar-refractivity contribution in [2.45, 2.75) is 32.5 Å². The monoisotopic (exact) mass is 443 g/mol. The van der Waals surface area contributed by atoms with Crippen molar-refractivity contribution in [2.24, 2.45) is 5.41 Å². The van der Waals surface area contributed by atoms with E-state index in [0.717, 1.165) is 0 Å². The van der Waals surface area contributed by atoms with Crippen LogP contribution in [-0.4, -0.2) is 55.6 Å². The number of para-hydroxylation sites is 2. The third-order valence-corrected chi connectivity index (χ3v) is 5.44. The number of carbonyl (C=O) groups is 2. The van der Waals surface area contributed by atoms with Crippen molar-refractivity contribution in [1.82, 2.24) is 0 Å². The van der Waals surface area contributed by atoms with Gasteiger partial charge in [-0.2, -0.15) is 0 Å². The average Bonchev–Trinajstić information content (AvgIpc) is 2.88. The van der Waals surface area contributed by atoms with Crippen LogP contribution < -0.4 is 14.4 Å². The molecule has 0 spiro atoms. The molecule has 2 unspecified atom stereocenters. The van der Waals surface area contributed by atoms with E-state index >= 15 is 0 Å². The van der Waals surface area contributed by atoms with Crippen LogP contribution in [0.5, 0.6) is 11.5 Å². The number of carboxylic acids is 1. The van der Waals surface area contributed by atoms with Crippen LogP contribution in [0.15, 0.2) is 42.5 Å². The lowest BCUT2D eigenvalue weighted by Gasteiger charge is -2.32. The molecule has 8 nitrogen and oxygen atoms in total. The summed E-state index contributed by atoms with van der Waals surface area (Å²) in [6, 6.07) is 12.6. The Balaban J connectivity index is 2.22. The zero-order valence-electron chi connectivity index (χ0n) is 18.7. The highest BCUT2D eigenvalue weighted by Crippen LogP contribution is 2.44. The van der Waals surface area contributed by atoms with E-state index in [-0.39, 0.29) is 13.2 Å². The van der Waals surface area contributed by atoms with Gasteiger partial charge in [0.25, 0.3) is 5.91 Å². The molecule has 0 fully saturated rings. The van der Waals surface area contributed by atoms with E-state index in [1.54, 1.807) is 24.3 Å². The molecule has 1 heterocycles. The molecule has 0 aromatic heterocycles. The number of carbonyl (C=O) groups excluding carboxylic acids is 1. The summed E-state index contributed by atoms with van der Waals surface area (Å²) in [5, 5.41) is 19.3. The molecule has 2 aromatic rings. The number of aliphatic hydroxyl groups excluding tert-OH is 1. The van der Waals surface area contributed by atoms with Gasteiger partial charge in [-0.25, -0.2) is 0 Å². The highest BCUT2D eigenvalue weighted by molar-refractivity contribution is 5.99. The summed E-state index contributed by atoms with van der Waals surface area (Å²) in [4.78, 5) is 26.6. The van der Waals surface area contributed by atoms with E-state index in [1.807, 2.05) is 32.0 Å². The summed E-state index contributed by atoms with van der Waals surface area (Å²) in [6.07, 6.45) is -2.49. The van der Waals surface area contributed by atoms with E-state index in [9.17, 15) is 19.8 Å². The average molecular weight is 443 g/mol. The zero-order chi connectivity index (χ0) is 23.5. The molecule has 2 atom stereocenters. The van der Waals surface area contributed by atoms with Crippen molar-refractivity contribution in [2.75, 3.05) is 32.3 Å². The number of methoxy groups -OCH3 is 2. The lowest BCUT2D eigenvalue weighted by atomic mass is 9.92. The Morgan fingerprint density at radius 2 is 1.78 bits per heavy atom. The first-order valence-corrected chi connectivity index (χ1v) is 10.3. The summed E-state index contributed by atoms with van der Waals surface area (Å²) < 4.78 is 17.2. The van der Waals surface area contributed by atoms with Crippen LogP contribution in [0.3, 0.4) is 0 Å². The van der Waals surface area contributed by atoms with Crippen molar-refractivity contribution >= 4 is 17.6 Å². The Hall–Kier alpha value is -3.10. The number of hydrogen-bond acceptors (Lipinski definition) is 6. The van der Waals surface area contributed by atoms with Crippen LogP contribution in [0.2, 0.25) is 0 Å². The van der Waals surface area contributed by atoms with Crippen molar-refractivity contribution in [3.05, 3.63) is 53.6 Å². The maximum Gasteiger partial charge on any atom is 0.306 e. The first kappa shape index (κ1) is 23.6. The first-order chi connectivity index (χ1) is 15.2. The number of amides is 1. The number of aliphatic carboxylic acids is 1. The third kappa shape index (κ3) is 4.71. The van der Waals surface area contributed by atoms with Crippen LogP contribution in [0, 0.1) is 5.41 Å². The molecule has 0 saturated heterocycles. The Kier molecular flexibility index (Phi) is 7.06. The predicted molar refractivity (Wildman–Crippen MR) is 118 cm³/mol. The van der Waals surface area contributed by atoms with E-state index in [0.29, 0.717) is 28.3 Å². The molecule has 3 rings (SSSR count). The molecule has 0 saturated carbocycles. The highest BCUT2D eigenvalue weighted by atomic mass is 16.5. The number of anilines is 1. The summed E-state index contributed by atoms with van der Waals surface area (Å²) >= 11 is 0. The van der Waals surface area contributed by atoms with E-state index in [4.69, 9.17) is 14.2 Å². The minimum Gasteiger partial charge on any atom is -0.493 e. The molecule has 1 aliphatic heterocycles. The number of ether oxygens (including phenoxy) is 3. The lowest BCUT2D eigenvalue weighted by molar-refractivity contribution is -0.147. The van der Waals surface area contributed by atoms with Crippen LogP contribution in [0.1, 0.15) is 37.5 Å². The number of hydrogen-bond donors (Lipinski definition) is 2. The molecular formula is C24H29NO7. The highest BCUT2D eigenvalue weighted by Gasteiger charge is 2.40. The lowest BCUT2D eigenvalue weighted by Crippen LogP contribution is -2.45. The summed E-state index contributed by atoms with van der Waals surface area (Å²) in [5.74, 6) is -0.673. The predicted octanol–water partition coefficient (Wildman–Crippen LogP) is 3.02. The molecule has 0 aliphatic carbocycles. The van der Waals surface area contributed by atoms with Crippen molar-refractivity contribution in [1.29, 1.82) is 0 Å². The molecule has 172 valence electrons. The minimum absolute atomic E-state index is 0.142. The Morgan fingerprint density at radius 1 is 1.09 bits per heavy atom. The molecule has 2 aromatic carbocycles. The fourth-order valence-electron chi connectivity index (χ4n) is 3.84. The van der Waals surface area contributed by atoms with Gasteiger partial charge < -0.3 is 29.3 Å². The van der Waals surface area contributed by atoms with Crippen molar-refractivity contribution < 1.29 is 34.0 Å². The van der Waals surface area contributed by atoms with Crippen LogP contribution in [-0.2, 0) is 14.3 Å². The Labute approximate surface area is 187 Å². The van der Waals surface area contributed by atoms with Gasteiger partial charge in [0.2, 0.25) is 0 Å². The molecule has 1 amide bonds. The molecule has 1 aliphatic rings. The Morgan fingerprint density at radius 3 is 2.41 bits per heavy atom. The van der Waals surface area contributed by atoms with Gasteiger partial charge in [0.1, 0.15) is 12.2 Å². The Bertz CT molecular complexity index is 988. The van der Waals surface area contributed by atoms with Gasteiger partial charge in [-0.3, -0.25) is 9.59 Å². The second kappa shape index (κ2) is 9.58. The number of benzene rings is 2. The summed E-state index contributed by atoms with van der Waals surface area (Å²) in [7, 11) is 3.04. The molecule has 0 bridgehead atoms. The molecular weight excluding hydrogens is 414 g/mol. The van der Waals surface area contributed by atoms with Gasteiger partial charge >= 0.3 is 5.97 Å². The van der Waals surface area contributed by atoms with E-state index in [1.165, 1.54) is 19.1 Å². The fraction of sp³-hybridized carbons (Fsp3) is 0.417. The normalized spacial score (nSPS) is 18.7. The first-order valence-electron chi connectivity index (χ1n) is 10.3. The minimum atomic E-state index is -1.23. The van der Waals surface area contributed by atoms with Crippen LogP contribution >= 0.6 is 0 Å². The number of aliphatic hydroxyl groups is 1. The zero-order valence-corrected chi connectivity index (χ0v) is 18.7. The van der Waals surface area contributed by atoms with Gasteiger partial charge in [-0.1, -0.05) is 44.2 Å². The fourth-order valence-corrected chi connectivity index (χ4v) is 3.84. The quantitative estimate of drug-likeness (QED) is 0.646. The van der Waals surface area contributed by atoms with E-state index in [2.05, 4.69) is 0 Å². The van der Waals surface area contributed by atoms with Gasteiger partial charge in [-0.15, -0.1) is 0 Å². The van der Waals surface area contributed by atoms with Crippen LogP contribution in [0.4, 0.5) is 5.69 Å². The van der Waals surface area contributed by atoms with Crippen LogP contribution in [0.25, 0.3) is 0 Å². The molecule has 32 heavy (non-hydrogen) atoms. The molecule has 8 heteroatoms. The summed E-state index contributed by atoms with van der Waals surface area (Å²) in [5.41, 5.74) is 1.30. The van der Waals surface area contributed by atoms with Gasteiger partial charge in [0.05, 0.1) is 20.6 Å². The largest absolute Gasteiger partial charge is 0.493 e.